The number of fused-ring (bicyclic) bond motifs is 6. The monoisotopic (exact) mass is 795 g/mol. The number of hydrogen-bond donors (Lipinski definition) is 0. The molecule has 0 fully saturated rings. The highest BCUT2D eigenvalue weighted by Gasteiger charge is 2.19. The van der Waals surface area contributed by atoms with Gasteiger partial charge < -0.3 is 8.83 Å². The van der Waals surface area contributed by atoms with Gasteiger partial charge in [-0.2, -0.15) is 0 Å². The SMILES string of the molecule is c1ccc(-c2cc(-c3ccc4oc5ccccc5c4c3)nc(-c3cccc(-c4ccccc4-c4nc(-c5ccccc5)nc(-c5ccc6oc7ccccc7c6c5)n4)c3)n2)cc1. The van der Waals surface area contributed by atoms with Gasteiger partial charge in [0.25, 0.3) is 0 Å². The van der Waals surface area contributed by atoms with Gasteiger partial charge in [-0.3, -0.25) is 0 Å². The summed E-state index contributed by atoms with van der Waals surface area (Å²) in [6, 6.07) is 67.6. The molecule has 0 aliphatic heterocycles. The minimum absolute atomic E-state index is 0.568. The van der Waals surface area contributed by atoms with E-state index in [2.05, 4.69) is 84.9 Å². The van der Waals surface area contributed by atoms with Gasteiger partial charge in [0, 0.05) is 54.9 Å². The van der Waals surface area contributed by atoms with Crippen LogP contribution in [0.5, 0.6) is 0 Å². The van der Waals surface area contributed by atoms with E-state index in [9.17, 15) is 0 Å². The summed E-state index contributed by atoms with van der Waals surface area (Å²) >= 11 is 0. The third-order valence-electron chi connectivity index (χ3n) is 11.4. The maximum Gasteiger partial charge on any atom is 0.164 e. The van der Waals surface area contributed by atoms with Crippen LogP contribution in [-0.4, -0.2) is 24.9 Å². The Morgan fingerprint density at radius 2 is 0.694 bits per heavy atom. The van der Waals surface area contributed by atoms with Gasteiger partial charge in [0.1, 0.15) is 22.3 Å². The van der Waals surface area contributed by atoms with E-state index in [0.717, 1.165) is 99.8 Å². The standard InChI is InChI=1S/C55H33N5O2/c1-3-14-34(15-4-1)46-33-47(37-26-28-50-44(31-37)41-21-9-11-24-48(41)61-50)57-53(56-46)38-19-13-18-36(30-38)40-20-7-8-23-43(40)55-59-52(35-16-5-2-6-17-35)58-54(60-55)39-27-29-51-45(32-39)42-22-10-12-25-49(42)62-51/h1-33H. The lowest BCUT2D eigenvalue weighted by molar-refractivity contribution is 0.668. The lowest BCUT2D eigenvalue weighted by Gasteiger charge is -2.13. The Morgan fingerprint density at radius 1 is 0.242 bits per heavy atom. The first-order chi connectivity index (χ1) is 30.7. The van der Waals surface area contributed by atoms with E-state index in [4.69, 9.17) is 33.8 Å². The molecule has 12 rings (SSSR count). The third kappa shape index (κ3) is 6.28. The van der Waals surface area contributed by atoms with Crippen molar-refractivity contribution in [2.75, 3.05) is 0 Å². The van der Waals surface area contributed by atoms with Crippen LogP contribution in [0.2, 0.25) is 0 Å². The number of rotatable bonds is 7. The van der Waals surface area contributed by atoms with Crippen molar-refractivity contribution >= 4 is 43.9 Å². The number of aromatic nitrogens is 5. The van der Waals surface area contributed by atoms with Crippen molar-refractivity contribution in [2.24, 2.45) is 0 Å². The maximum atomic E-state index is 6.16. The molecule has 0 aliphatic rings. The molecule has 0 spiro atoms. The van der Waals surface area contributed by atoms with Gasteiger partial charge in [-0.05, 0) is 71.8 Å². The zero-order chi connectivity index (χ0) is 41.0. The molecule has 0 unspecified atom stereocenters. The number of nitrogens with zero attached hydrogens (tertiary/aromatic N) is 5. The molecule has 4 aromatic heterocycles. The summed E-state index contributed by atoms with van der Waals surface area (Å²) in [6.07, 6.45) is 0. The summed E-state index contributed by atoms with van der Waals surface area (Å²) in [5.74, 6) is 2.35. The van der Waals surface area contributed by atoms with E-state index in [0.29, 0.717) is 23.3 Å². The third-order valence-corrected chi connectivity index (χ3v) is 11.4. The summed E-state index contributed by atoms with van der Waals surface area (Å²) in [5, 5.41) is 4.17. The number of para-hydroxylation sites is 2. The van der Waals surface area contributed by atoms with E-state index in [-0.39, 0.29) is 0 Å². The lowest BCUT2D eigenvalue weighted by atomic mass is 9.97. The Morgan fingerprint density at radius 3 is 1.39 bits per heavy atom. The van der Waals surface area contributed by atoms with Crippen LogP contribution in [0.1, 0.15) is 0 Å². The highest BCUT2D eigenvalue weighted by Crippen LogP contribution is 2.38. The van der Waals surface area contributed by atoms with Crippen LogP contribution < -0.4 is 0 Å². The van der Waals surface area contributed by atoms with Crippen molar-refractivity contribution in [1.29, 1.82) is 0 Å². The minimum atomic E-state index is 0.568. The van der Waals surface area contributed by atoms with Gasteiger partial charge in [0.15, 0.2) is 23.3 Å². The molecule has 0 saturated heterocycles. The van der Waals surface area contributed by atoms with Crippen molar-refractivity contribution in [1.82, 2.24) is 24.9 Å². The molecule has 0 aliphatic carbocycles. The summed E-state index contributed by atoms with van der Waals surface area (Å²) in [4.78, 5) is 25.8. The van der Waals surface area contributed by atoms with Crippen LogP contribution in [0, 0.1) is 0 Å². The van der Waals surface area contributed by atoms with Crippen LogP contribution >= 0.6 is 0 Å². The van der Waals surface area contributed by atoms with Crippen molar-refractivity contribution in [3.05, 3.63) is 200 Å². The summed E-state index contributed by atoms with van der Waals surface area (Å²) in [6.45, 7) is 0. The molecular formula is C55H33N5O2. The molecule has 0 saturated carbocycles. The molecule has 0 N–H and O–H groups in total. The smallest absolute Gasteiger partial charge is 0.164 e. The second-order valence-electron chi connectivity index (χ2n) is 15.2. The molecule has 62 heavy (non-hydrogen) atoms. The van der Waals surface area contributed by atoms with Crippen molar-refractivity contribution in [3.63, 3.8) is 0 Å². The molecule has 7 nitrogen and oxygen atoms in total. The highest BCUT2D eigenvalue weighted by atomic mass is 16.3. The second kappa shape index (κ2) is 14.6. The maximum absolute atomic E-state index is 6.16. The summed E-state index contributed by atoms with van der Waals surface area (Å²) in [5.41, 5.74) is 12.5. The fourth-order valence-electron chi connectivity index (χ4n) is 8.33. The molecule has 4 heterocycles. The average molecular weight is 796 g/mol. The molecule has 290 valence electrons. The van der Waals surface area contributed by atoms with E-state index in [1.165, 1.54) is 0 Å². The number of furan rings is 2. The molecule has 0 bridgehead atoms. The fourth-order valence-corrected chi connectivity index (χ4v) is 8.33. The molecule has 7 heteroatoms. The zero-order valence-electron chi connectivity index (χ0n) is 33.1. The Labute approximate surface area is 355 Å². The van der Waals surface area contributed by atoms with Crippen LogP contribution in [0.4, 0.5) is 0 Å². The molecular weight excluding hydrogens is 763 g/mol. The summed E-state index contributed by atoms with van der Waals surface area (Å²) in [7, 11) is 0. The van der Waals surface area contributed by atoms with Gasteiger partial charge in [0.2, 0.25) is 0 Å². The minimum Gasteiger partial charge on any atom is -0.456 e. The van der Waals surface area contributed by atoms with Gasteiger partial charge in [-0.15, -0.1) is 0 Å². The quantitative estimate of drug-likeness (QED) is 0.159. The largest absolute Gasteiger partial charge is 0.456 e. The van der Waals surface area contributed by atoms with Crippen LogP contribution in [0.25, 0.3) is 123 Å². The highest BCUT2D eigenvalue weighted by molar-refractivity contribution is 6.07. The normalized spacial score (nSPS) is 11.5. The van der Waals surface area contributed by atoms with E-state index >= 15 is 0 Å². The first-order valence-electron chi connectivity index (χ1n) is 20.5. The topological polar surface area (TPSA) is 90.7 Å². The molecule has 12 aromatic rings. The van der Waals surface area contributed by atoms with E-state index in [1.807, 2.05) is 115 Å². The summed E-state index contributed by atoms with van der Waals surface area (Å²) < 4.78 is 12.3. The Kier molecular flexibility index (Phi) is 8.35. The molecule has 0 atom stereocenters. The van der Waals surface area contributed by atoms with Crippen LogP contribution in [0.15, 0.2) is 209 Å². The van der Waals surface area contributed by atoms with Crippen LogP contribution in [0.3, 0.4) is 0 Å². The predicted molar refractivity (Wildman–Crippen MR) is 248 cm³/mol. The number of benzene rings is 8. The van der Waals surface area contributed by atoms with Gasteiger partial charge >= 0.3 is 0 Å². The van der Waals surface area contributed by atoms with E-state index < -0.39 is 0 Å². The average Bonchev–Trinajstić information content (AvgIpc) is 3.92. The van der Waals surface area contributed by atoms with Crippen molar-refractivity contribution < 1.29 is 8.83 Å². The Hall–Kier alpha value is -8.55. The zero-order valence-corrected chi connectivity index (χ0v) is 33.1. The number of hydrogen-bond acceptors (Lipinski definition) is 7. The predicted octanol–water partition coefficient (Wildman–Crippen LogP) is 14.1. The molecule has 0 radical (unpaired) electrons. The molecule has 8 aromatic carbocycles. The van der Waals surface area contributed by atoms with Gasteiger partial charge in [-0.25, -0.2) is 24.9 Å². The van der Waals surface area contributed by atoms with Gasteiger partial charge in [-0.1, -0.05) is 140 Å². The second-order valence-corrected chi connectivity index (χ2v) is 15.2. The Balaban J connectivity index is 0.990. The van der Waals surface area contributed by atoms with Crippen molar-refractivity contribution in [2.45, 2.75) is 0 Å². The first-order valence-corrected chi connectivity index (χ1v) is 20.5. The Bertz CT molecular complexity index is 3650. The van der Waals surface area contributed by atoms with Crippen molar-refractivity contribution in [3.8, 4) is 79.2 Å². The molecule has 0 amide bonds. The van der Waals surface area contributed by atoms with Crippen LogP contribution in [-0.2, 0) is 0 Å². The lowest BCUT2D eigenvalue weighted by Crippen LogP contribution is -2.01. The van der Waals surface area contributed by atoms with Gasteiger partial charge in [0.05, 0.1) is 11.4 Å². The van der Waals surface area contributed by atoms with E-state index in [1.54, 1.807) is 0 Å². The fraction of sp³-hybridized carbons (Fsp3) is 0. The first kappa shape index (κ1) is 35.4.